The number of nitrogens with zero attached hydrogens (tertiary/aromatic N) is 5. The number of aryl methyl sites for hydroxylation is 1. The number of anilines is 1. The van der Waals surface area contributed by atoms with Crippen LogP contribution < -0.4 is 4.90 Å². The van der Waals surface area contributed by atoms with Gasteiger partial charge in [0.1, 0.15) is 12.4 Å². The van der Waals surface area contributed by atoms with Gasteiger partial charge in [-0.3, -0.25) is 9.48 Å². The van der Waals surface area contributed by atoms with Gasteiger partial charge in [0.15, 0.2) is 5.65 Å². The van der Waals surface area contributed by atoms with Crippen LogP contribution >= 0.6 is 11.6 Å². The monoisotopic (exact) mass is 401 g/mol. The second kappa shape index (κ2) is 7.39. The number of halogens is 2. The van der Waals surface area contributed by atoms with Gasteiger partial charge in [-0.1, -0.05) is 11.6 Å². The number of piperazine rings is 1. The molecule has 4 rings (SSSR count). The molecule has 1 aliphatic rings. The molecule has 0 saturated carbocycles. The summed E-state index contributed by atoms with van der Waals surface area (Å²) in [6.07, 6.45) is 3.51. The van der Waals surface area contributed by atoms with Crippen molar-refractivity contribution in [3.05, 3.63) is 53.1 Å². The quantitative estimate of drug-likeness (QED) is 0.676. The molecule has 0 aliphatic carbocycles. The van der Waals surface area contributed by atoms with Gasteiger partial charge in [-0.15, -0.1) is 0 Å². The van der Waals surface area contributed by atoms with E-state index in [1.165, 1.54) is 6.07 Å². The smallest absolute Gasteiger partial charge is 0.244 e. The van der Waals surface area contributed by atoms with Crippen molar-refractivity contribution < 1.29 is 9.18 Å². The Kier molecular flexibility index (Phi) is 4.93. The van der Waals surface area contributed by atoms with E-state index < -0.39 is 0 Å². The summed E-state index contributed by atoms with van der Waals surface area (Å²) >= 11 is 6.00. The molecule has 2 aromatic heterocycles. The standard InChI is InChI=1S/C20H21ClFN5O/c1-13-8-18(17(22)9-16(13)21)25-6-7-27(14(2)10-25)19(28)12-26-11-15-4-3-5-23-20(15)24-26/h3-5,8-9,11,14H,6-7,10,12H2,1-2H3. The molecule has 146 valence electrons. The molecule has 1 amide bonds. The third-order valence-corrected chi connectivity index (χ3v) is 5.55. The van der Waals surface area contributed by atoms with Gasteiger partial charge in [0.05, 0.1) is 5.69 Å². The zero-order valence-electron chi connectivity index (χ0n) is 15.8. The fourth-order valence-corrected chi connectivity index (χ4v) is 3.80. The van der Waals surface area contributed by atoms with Crippen LogP contribution in [0.3, 0.4) is 0 Å². The maximum atomic E-state index is 14.4. The molecule has 0 spiro atoms. The fourth-order valence-electron chi connectivity index (χ4n) is 3.65. The van der Waals surface area contributed by atoms with E-state index in [0.717, 1.165) is 10.9 Å². The highest BCUT2D eigenvalue weighted by Crippen LogP contribution is 2.28. The molecule has 1 aliphatic heterocycles. The average molecular weight is 402 g/mol. The topological polar surface area (TPSA) is 54.3 Å². The maximum absolute atomic E-state index is 14.4. The number of pyridine rings is 1. The van der Waals surface area contributed by atoms with E-state index in [2.05, 4.69) is 10.1 Å². The number of benzene rings is 1. The van der Waals surface area contributed by atoms with Crippen molar-refractivity contribution in [1.82, 2.24) is 19.7 Å². The second-order valence-corrected chi connectivity index (χ2v) is 7.59. The lowest BCUT2D eigenvalue weighted by Gasteiger charge is -2.41. The van der Waals surface area contributed by atoms with Crippen LogP contribution in [0.25, 0.3) is 11.0 Å². The predicted molar refractivity (Wildman–Crippen MR) is 107 cm³/mol. The first kappa shape index (κ1) is 18.7. The lowest BCUT2D eigenvalue weighted by Crippen LogP contribution is -2.55. The maximum Gasteiger partial charge on any atom is 0.244 e. The van der Waals surface area contributed by atoms with Gasteiger partial charge < -0.3 is 9.80 Å². The van der Waals surface area contributed by atoms with Gasteiger partial charge in [0, 0.05) is 48.5 Å². The highest BCUT2D eigenvalue weighted by Gasteiger charge is 2.29. The van der Waals surface area contributed by atoms with E-state index in [1.54, 1.807) is 16.9 Å². The zero-order chi connectivity index (χ0) is 19.8. The summed E-state index contributed by atoms with van der Waals surface area (Å²) in [5.74, 6) is -0.342. The first-order valence-electron chi connectivity index (χ1n) is 9.20. The van der Waals surface area contributed by atoms with Crippen LogP contribution in [0.1, 0.15) is 12.5 Å². The van der Waals surface area contributed by atoms with Crippen molar-refractivity contribution in [2.45, 2.75) is 26.4 Å². The number of carbonyl (C=O) groups excluding carboxylic acids is 1. The molecule has 28 heavy (non-hydrogen) atoms. The summed E-state index contributed by atoms with van der Waals surface area (Å²) in [6, 6.07) is 6.84. The molecule has 1 atom stereocenters. The Balaban J connectivity index is 1.45. The molecule has 1 fully saturated rings. The summed E-state index contributed by atoms with van der Waals surface area (Å²) in [7, 11) is 0. The minimum absolute atomic E-state index is 0.00675. The molecule has 1 aromatic carbocycles. The molecule has 0 N–H and O–H groups in total. The van der Waals surface area contributed by atoms with Crippen molar-refractivity contribution >= 4 is 34.2 Å². The number of aromatic nitrogens is 3. The summed E-state index contributed by atoms with van der Waals surface area (Å²) < 4.78 is 16.0. The van der Waals surface area contributed by atoms with Gasteiger partial charge in [0.2, 0.25) is 5.91 Å². The molecule has 3 aromatic rings. The van der Waals surface area contributed by atoms with E-state index in [9.17, 15) is 9.18 Å². The van der Waals surface area contributed by atoms with Gasteiger partial charge in [0.25, 0.3) is 0 Å². The Bertz CT molecular complexity index is 1000. The molecule has 0 radical (unpaired) electrons. The molecular weight excluding hydrogens is 381 g/mol. The van der Waals surface area contributed by atoms with E-state index in [4.69, 9.17) is 11.6 Å². The normalized spacial score (nSPS) is 17.4. The zero-order valence-corrected chi connectivity index (χ0v) is 16.5. The van der Waals surface area contributed by atoms with Crippen molar-refractivity contribution in [2.75, 3.05) is 24.5 Å². The second-order valence-electron chi connectivity index (χ2n) is 7.18. The molecule has 0 bridgehead atoms. The minimum Gasteiger partial charge on any atom is -0.365 e. The first-order valence-corrected chi connectivity index (χ1v) is 9.58. The molecule has 3 heterocycles. The van der Waals surface area contributed by atoms with E-state index in [0.29, 0.717) is 36.0 Å². The van der Waals surface area contributed by atoms with Crippen LogP contribution in [0.4, 0.5) is 10.1 Å². The Hall–Kier alpha value is -2.67. The molecule has 6 nitrogen and oxygen atoms in total. The summed E-state index contributed by atoms with van der Waals surface area (Å²) in [6.45, 7) is 5.65. The number of amides is 1. The van der Waals surface area contributed by atoms with Crippen LogP contribution in [0, 0.1) is 12.7 Å². The van der Waals surface area contributed by atoms with Crippen LogP contribution in [0.2, 0.25) is 5.02 Å². The van der Waals surface area contributed by atoms with Gasteiger partial charge in [-0.25, -0.2) is 9.37 Å². The van der Waals surface area contributed by atoms with E-state index >= 15 is 0 Å². The van der Waals surface area contributed by atoms with Gasteiger partial charge in [-0.05, 0) is 43.7 Å². The van der Waals surface area contributed by atoms with Crippen LogP contribution in [0.15, 0.2) is 36.7 Å². The lowest BCUT2D eigenvalue weighted by molar-refractivity contribution is -0.134. The summed E-state index contributed by atoms with van der Waals surface area (Å²) in [5.41, 5.74) is 2.00. The number of rotatable bonds is 3. The van der Waals surface area contributed by atoms with Gasteiger partial charge in [-0.2, -0.15) is 5.10 Å². The van der Waals surface area contributed by atoms with Crippen molar-refractivity contribution in [2.24, 2.45) is 0 Å². The molecule has 1 unspecified atom stereocenters. The number of carbonyl (C=O) groups is 1. The van der Waals surface area contributed by atoms with E-state index in [-0.39, 0.29) is 24.3 Å². The lowest BCUT2D eigenvalue weighted by atomic mass is 10.1. The number of hydrogen-bond donors (Lipinski definition) is 0. The Morgan fingerprint density at radius 2 is 2.18 bits per heavy atom. The van der Waals surface area contributed by atoms with Crippen molar-refractivity contribution in [1.29, 1.82) is 0 Å². The Morgan fingerprint density at radius 1 is 1.36 bits per heavy atom. The van der Waals surface area contributed by atoms with Crippen LogP contribution in [-0.4, -0.2) is 51.2 Å². The SMILES string of the molecule is Cc1cc(N2CCN(C(=O)Cn3cc4cccnc4n3)C(C)C2)c(F)cc1Cl. The Morgan fingerprint density at radius 3 is 2.93 bits per heavy atom. The fraction of sp³-hybridized carbons (Fsp3) is 0.350. The first-order chi connectivity index (χ1) is 13.4. The number of fused-ring (bicyclic) bond motifs is 1. The van der Waals surface area contributed by atoms with E-state index in [1.807, 2.05) is 42.0 Å². The predicted octanol–water partition coefficient (Wildman–Crippen LogP) is 3.27. The average Bonchev–Trinajstić information content (AvgIpc) is 3.06. The van der Waals surface area contributed by atoms with Crippen LogP contribution in [0.5, 0.6) is 0 Å². The molecular formula is C20H21ClFN5O. The third kappa shape index (κ3) is 3.54. The van der Waals surface area contributed by atoms with Gasteiger partial charge >= 0.3 is 0 Å². The summed E-state index contributed by atoms with van der Waals surface area (Å²) in [4.78, 5) is 20.8. The summed E-state index contributed by atoms with van der Waals surface area (Å²) in [5, 5.41) is 5.68. The van der Waals surface area contributed by atoms with Crippen molar-refractivity contribution in [3.8, 4) is 0 Å². The Labute approximate surface area is 167 Å². The highest BCUT2D eigenvalue weighted by molar-refractivity contribution is 6.31. The van der Waals surface area contributed by atoms with Crippen LogP contribution in [-0.2, 0) is 11.3 Å². The number of hydrogen-bond acceptors (Lipinski definition) is 4. The minimum atomic E-state index is -0.335. The largest absolute Gasteiger partial charge is 0.365 e. The molecule has 8 heteroatoms. The van der Waals surface area contributed by atoms with Crippen molar-refractivity contribution in [3.63, 3.8) is 0 Å². The molecule has 1 saturated heterocycles. The third-order valence-electron chi connectivity index (χ3n) is 5.14. The highest BCUT2D eigenvalue weighted by atomic mass is 35.5.